The average molecular weight is 326 g/mol. The van der Waals surface area contributed by atoms with Crippen LogP contribution in [0.4, 0.5) is 10.5 Å². The van der Waals surface area contributed by atoms with Crippen LogP contribution in [0.15, 0.2) is 36.0 Å². The number of nitrogens with one attached hydrogen (secondary N) is 2. The van der Waals surface area contributed by atoms with Crippen LogP contribution in [0.25, 0.3) is 11.8 Å². The fourth-order valence-electron chi connectivity index (χ4n) is 2.69. The monoisotopic (exact) mass is 326 g/mol. The van der Waals surface area contributed by atoms with Crippen molar-refractivity contribution in [2.45, 2.75) is 13.8 Å². The third kappa shape index (κ3) is 2.65. The SMILES string of the molecule is Cc1cc(C=C2NC(=O)NC2=O)c(C)n1-c1ccc([N+](=O)[O-])cc1. The van der Waals surface area contributed by atoms with Crippen LogP contribution in [0, 0.1) is 24.0 Å². The van der Waals surface area contributed by atoms with Crippen LogP contribution in [-0.4, -0.2) is 21.4 Å². The normalized spacial score (nSPS) is 15.5. The summed E-state index contributed by atoms with van der Waals surface area (Å²) in [5.74, 6) is -0.472. The fourth-order valence-corrected chi connectivity index (χ4v) is 2.69. The van der Waals surface area contributed by atoms with Gasteiger partial charge in [-0.25, -0.2) is 4.79 Å². The lowest BCUT2D eigenvalue weighted by molar-refractivity contribution is -0.384. The molecule has 0 unspecified atom stereocenters. The van der Waals surface area contributed by atoms with E-state index in [0.717, 1.165) is 22.6 Å². The molecule has 1 aromatic heterocycles. The van der Waals surface area contributed by atoms with Crippen molar-refractivity contribution in [3.63, 3.8) is 0 Å². The standard InChI is InChI=1S/C16H14N4O4/c1-9-7-11(8-14-15(21)18-16(22)17-14)10(2)19(9)12-3-5-13(6-4-12)20(23)24/h3-8H,1-2H3,(H2,17,18,21,22). The minimum Gasteiger partial charge on any atom is -0.318 e. The summed E-state index contributed by atoms with van der Waals surface area (Å²) in [6, 6.07) is 7.55. The van der Waals surface area contributed by atoms with Gasteiger partial charge in [-0.15, -0.1) is 0 Å². The van der Waals surface area contributed by atoms with E-state index in [1.807, 2.05) is 24.5 Å². The minimum atomic E-state index is -0.546. The lowest BCUT2D eigenvalue weighted by atomic mass is 10.2. The van der Waals surface area contributed by atoms with Crippen LogP contribution >= 0.6 is 0 Å². The fraction of sp³-hybridized carbons (Fsp3) is 0.125. The highest BCUT2D eigenvalue weighted by Crippen LogP contribution is 2.24. The molecule has 1 aliphatic heterocycles. The zero-order chi connectivity index (χ0) is 17.4. The summed E-state index contributed by atoms with van der Waals surface area (Å²) in [6.45, 7) is 3.76. The molecule has 2 N–H and O–H groups in total. The Morgan fingerprint density at radius 3 is 2.33 bits per heavy atom. The van der Waals surface area contributed by atoms with Crippen LogP contribution in [-0.2, 0) is 4.79 Å². The van der Waals surface area contributed by atoms with E-state index >= 15 is 0 Å². The molecule has 1 aliphatic rings. The number of carbonyl (C=O) groups excluding carboxylic acids is 2. The molecule has 0 aliphatic carbocycles. The predicted octanol–water partition coefficient (Wildman–Crippen LogP) is 2.18. The molecule has 1 aromatic carbocycles. The van der Waals surface area contributed by atoms with Gasteiger partial charge in [-0.2, -0.15) is 0 Å². The largest absolute Gasteiger partial charge is 0.326 e. The first-order valence-electron chi connectivity index (χ1n) is 7.14. The number of nitrogens with zero attached hydrogens (tertiary/aromatic N) is 2. The Labute approximate surface area is 136 Å². The molecule has 2 aromatic rings. The van der Waals surface area contributed by atoms with Gasteiger partial charge in [0.1, 0.15) is 5.70 Å². The number of amides is 3. The molecule has 8 nitrogen and oxygen atoms in total. The molecule has 0 spiro atoms. The molecule has 0 saturated carbocycles. The first-order valence-corrected chi connectivity index (χ1v) is 7.14. The van der Waals surface area contributed by atoms with E-state index in [2.05, 4.69) is 10.6 Å². The molecule has 1 fully saturated rings. The zero-order valence-corrected chi connectivity index (χ0v) is 13.0. The van der Waals surface area contributed by atoms with E-state index in [1.54, 1.807) is 18.2 Å². The number of nitro benzene ring substituents is 1. The zero-order valence-electron chi connectivity index (χ0n) is 13.0. The summed E-state index contributed by atoms with van der Waals surface area (Å²) >= 11 is 0. The number of nitro groups is 1. The number of rotatable bonds is 3. The van der Waals surface area contributed by atoms with Crippen LogP contribution in [0.2, 0.25) is 0 Å². The lowest BCUT2D eigenvalue weighted by Gasteiger charge is -2.09. The van der Waals surface area contributed by atoms with Gasteiger partial charge in [0.15, 0.2) is 0 Å². The van der Waals surface area contributed by atoms with E-state index in [4.69, 9.17) is 0 Å². The Hall–Kier alpha value is -3.42. The van der Waals surface area contributed by atoms with Crippen molar-refractivity contribution in [1.29, 1.82) is 0 Å². The molecule has 0 radical (unpaired) electrons. The highest BCUT2D eigenvalue weighted by Gasteiger charge is 2.23. The smallest absolute Gasteiger partial charge is 0.318 e. The van der Waals surface area contributed by atoms with Crippen molar-refractivity contribution in [2.75, 3.05) is 0 Å². The first kappa shape index (κ1) is 15.5. The molecule has 8 heteroatoms. The molecule has 122 valence electrons. The molecule has 3 rings (SSSR count). The molecule has 1 saturated heterocycles. The number of hydrogen-bond donors (Lipinski definition) is 2. The maximum Gasteiger partial charge on any atom is 0.326 e. The van der Waals surface area contributed by atoms with Crippen LogP contribution < -0.4 is 10.6 Å². The van der Waals surface area contributed by atoms with E-state index < -0.39 is 16.9 Å². The van der Waals surface area contributed by atoms with Crippen LogP contribution in [0.5, 0.6) is 0 Å². The van der Waals surface area contributed by atoms with Crippen molar-refractivity contribution in [3.8, 4) is 5.69 Å². The molecular formula is C16H14N4O4. The van der Waals surface area contributed by atoms with Gasteiger partial charge in [-0.1, -0.05) is 0 Å². The van der Waals surface area contributed by atoms with Gasteiger partial charge in [0.2, 0.25) is 0 Å². The molecule has 2 heterocycles. The number of imide groups is 1. The van der Waals surface area contributed by atoms with E-state index in [-0.39, 0.29) is 11.4 Å². The molecular weight excluding hydrogens is 312 g/mol. The van der Waals surface area contributed by atoms with Gasteiger partial charge < -0.3 is 9.88 Å². The lowest BCUT2D eigenvalue weighted by Crippen LogP contribution is -2.22. The summed E-state index contributed by atoms with van der Waals surface area (Å²) in [5, 5.41) is 15.3. The van der Waals surface area contributed by atoms with Crippen molar-refractivity contribution < 1.29 is 14.5 Å². The minimum absolute atomic E-state index is 0.0221. The topological polar surface area (TPSA) is 106 Å². The van der Waals surface area contributed by atoms with Gasteiger partial charge in [-0.05, 0) is 43.7 Å². The number of carbonyl (C=O) groups is 2. The number of non-ortho nitro benzene ring substituents is 1. The third-order valence-electron chi connectivity index (χ3n) is 3.81. The maximum atomic E-state index is 11.6. The average Bonchev–Trinajstić information content (AvgIpc) is 2.98. The van der Waals surface area contributed by atoms with Crippen molar-refractivity contribution >= 4 is 23.7 Å². The van der Waals surface area contributed by atoms with Crippen molar-refractivity contribution in [3.05, 3.63) is 63.1 Å². The first-order chi connectivity index (χ1) is 11.4. The van der Waals surface area contributed by atoms with E-state index in [1.165, 1.54) is 12.1 Å². The maximum absolute atomic E-state index is 11.6. The Bertz CT molecular complexity index is 894. The van der Waals surface area contributed by atoms with Gasteiger partial charge in [0, 0.05) is 29.2 Å². The van der Waals surface area contributed by atoms with E-state index in [9.17, 15) is 19.7 Å². The highest BCUT2D eigenvalue weighted by molar-refractivity contribution is 6.14. The van der Waals surface area contributed by atoms with Gasteiger partial charge in [-0.3, -0.25) is 20.2 Å². The van der Waals surface area contributed by atoms with Crippen LogP contribution in [0.3, 0.4) is 0 Å². The number of aryl methyl sites for hydroxylation is 1. The van der Waals surface area contributed by atoms with Gasteiger partial charge >= 0.3 is 6.03 Å². The van der Waals surface area contributed by atoms with Crippen LogP contribution in [0.1, 0.15) is 17.0 Å². The second-order valence-electron chi connectivity index (χ2n) is 5.40. The Balaban J connectivity index is 2.01. The number of urea groups is 1. The van der Waals surface area contributed by atoms with Crippen molar-refractivity contribution in [2.24, 2.45) is 0 Å². The number of benzene rings is 1. The summed E-state index contributed by atoms with van der Waals surface area (Å²) in [5.41, 5.74) is 3.51. The van der Waals surface area contributed by atoms with Gasteiger partial charge in [0.05, 0.1) is 4.92 Å². The molecule has 24 heavy (non-hydrogen) atoms. The summed E-state index contributed by atoms with van der Waals surface area (Å²) in [7, 11) is 0. The summed E-state index contributed by atoms with van der Waals surface area (Å²) in [4.78, 5) is 33.1. The second kappa shape index (κ2) is 5.65. The third-order valence-corrected chi connectivity index (χ3v) is 3.81. The van der Waals surface area contributed by atoms with Crippen molar-refractivity contribution in [1.82, 2.24) is 15.2 Å². The van der Waals surface area contributed by atoms with Gasteiger partial charge in [0.25, 0.3) is 11.6 Å². The van der Waals surface area contributed by atoms with E-state index in [0.29, 0.717) is 0 Å². The highest BCUT2D eigenvalue weighted by atomic mass is 16.6. The predicted molar refractivity (Wildman–Crippen MR) is 86.5 cm³/mol. The summed E-state index contributed by atoms with van der Waals surface area (Å²) in [6.07, 6.45) is 1.60. The second-order valence-corrected chi connectivity index (χ2v) is 5.40. The quantitative estimate of drug-likeness (QED) is 0.390. The Morgan fingerprint density at radius 1 is 1.12 bits per heavy atom. The number of aromatic nitrogens is 1. The summed E-state index contributed by atoms with van der Waals surface area (Å²) < 4.78 is 1.92. The molecule has 3 amide bonds. The molecule has 0 atom stereocenters. The molecule has 0 bridgehead atoms. The number of hydrogen-bond acceptors (Lipinski definition) is 4. The Kier molecular flexibility index (Phi) is 3.64. The Morgan fingerprint density at radius 2 is 1.79 bits per heavy atom.